The third kappa shape index (κ3) is 3.53. The highest BCUT2D eigenvalue weighted by atomic mass is 35.5. The number of benzene rings is 1. The summed E-state index contributed by atoms with van der Waals surface area (Å²) in [7, 11) is 0. The van der Waals surface area contributed by atoms with E-state index in [0.717, 1.165) is 19.4 Å². The summed E-state index contributed by atoms with van der Waals surface area (Å²) in [6.45, 7) is 1.21. The summed E-state index contributed by atoms with van der Waals surface area (Å²) in [6, 6.07) is 5.05. The lowest BCUT2D eigenvalue weighted by atomic mass is 10.2. The summed E-state index contributed by atoms with van der Waals surface area (Å²) in [5.74, 6) is 0.405. The minimum Gasteiger partial charge on any atom is -0.482 e. The molecule has 4 nitrogen and oxygen atoms in total. The van der Waals surface area contributed by atoms with Crippen molar-refractivity contribution in [3.63, 3.8) is 0 Å². The zero-order chi connectivity index (χ0) is 13.8. The van der Waals surface area contributed by atoms with Gasteiger partial charge in [0.25, 0.3) is 5.91 Å². The predicted molar refractivity (Wildman–Crippen MR) is 75.7 cm³/mol. The van der Waals surface area contributed by atoms with E-state index >= 15 is 0 Å². The first-order chi connectivity index (χ1) is 9.11. The van der Waals surface area contributed by atoms with E-state index < -0.39 is 0 Å². The Morgan fingerprint density at radius 2 is 2.26 bits per heavy atom. The van der Waals surface area contributed by atoms with Crippen molar-refractivity contribution in [1.29, 1.82) is 0 Å². The quantitative estimate of drug-likeness (QED) is 0.928. The van der Waals surface area contributed by atoms with Crippen LogP contribution in [0.2, 0.25) is 10.0 Å². The second-order valence-electron chi connectivity index (χ2n) is 4.48. The molecular formula is C13H16Cl2N2O2. The number of amides is 1. The highest BCUT2D eigenvalue weighted by Gasteiger charge is 2.27. The first kappa shape index (κ1) is 14.4. The molecule has 19 heavy (non-hydrogen) atoms. The Bertz CT molecular complexity index is 468. The largest absolute Gasteiger partial charge is 0.482 e. The number of hydrogen-bond acceptors (Lipinski definition) is 3. The Balaban J connectivity index is 1.93. The van der Waals surface area contributed by atoms with E-state index in [1.807, 2.05) is 0 Å². The van der Waals surface area contributed by atoms with Gasteiger partial charge in [-0.15, -0.1) is 0 Å². The van der Waals surface area contributed by atoms with Crippen molar-refractivity contribution in [1.82, 2.24) is 4.90 Å². The van der Waals surface area contributed by atoms with Crippen LogP contribution in [0.15, 0.2) is 18.2 Å². The SMILES string of the molecule is NC[C@@H]1CCCN1C(=O)COc1ccc(Cl)cc1Cl. The van der Waals surface area contributed by atoms with Gasteiger partial charge in [0, 0.05) is 24.2 Å². The number of carbonyl (C=O) groups is 1. The van der Waals surface area contributed by atoms with Gasteiger partial charge in [-0.1, -0.05) is 23.2 Å². The standard InChI is InChI=1S/C13H16Cl2N2O2/c14-9-3-4-12(11(15)6-9)19-8-13(18)17-5-1-2-10(17)7-16/h3-4,6,10H,1-2,5,7-8,16H2/t10-/m0/s1. The van der Waals surface area contributed by atoms with E-state index in [4.69, 9.17) is 33.7 Å². The van der Waals surface area contributed by atoms with Crippen molar-refractivity contribution < 1.29 is 9.53 Å². The molecule has 0 aliphatic carbocycles. The molecule has 0 aromatic heterocycles. The van der Waals surface area contributed by atoms with Crippen LogP contribution in [-0.2, 0) is 4.79 Å². The van der Waals surface area contributed by atoms with Gasteiger partial charge in [0.05, 0.1) is 5.02 Å². The van der Waals surface area contributed by atoms with Gasteiger partial charge in [0.2, 0.25) is 0 Å². The van der Waals surface area contributed by atoms with Gasteiger partial charge < -0.3 is 15.4 Å². The number of likely N-dealkylation sites (tertiary alicyclic amines) is 1. The van der Waals surface area contributed by atoms with E-state index in [0.29, 0.717) is 22.3 Å². The predicted octanol–water partition coefficient (Wildman–Crippen LogP) is 2.32. The van der Waals surface area contributed by atoms with Gasteiger partial charge in [-0.05, 0) is 31.0 Å². The molecule has 2 rings (SSSR count). The minimum absolute atomic E-state index is 0.0299. The highest BCUT2D eigenvalue weighted by Crippen LogP contribution is 2.27. The summed E-state index contributed by atoms with van der Waals surface area (Å²) in [4.78, 5) is 13.8. The molecule has 0 bridgehead atoms. The van der Waals surface area contributed by atoms with E-state index in [2.05, 4.69) is 0 Å². The number of halogens is 2. The number of rotatable bonds is 4. The fourth-order valence-electron chi connectivity index (χ4n) is 2.22. The molecule has 1 amide bonds. The van der Waals surface area contributed by atoms with Crippen molar-refractivity contribution in [2.75, 3.05) is 19.7 Å². The zero-order valence-electron chi connectivity index (χ0n) is 10.4. The van der Waals surface area contributed by atoms with Crippen LogP contribution in [0.1, 0.15) is 12.8 Å². The second kappa shape index (κ2) is 6.46. The normalized spacial score (nSPS) is 18.7. The Labute approximate surface area is 122 Å². The number of nitrogens with two attached hydrogens (primary N) is 1. The maximum atomic E-state index is 12.0. The van der Waals surface area contributed by atoms with Crippen LogP contribution in [-0.4, -0.2) is 36.5 Å². The molecule has 1 aromatic carbocycles. The molecule has 2 N–H and O–H groups in total. The number of hydrogen-bond donors (Lipinski definition) is 1. The third-order valence-electron chi connectivity index (χ3n) is 3.21. The molecule has 1 atom stereocenters. The van der Waals surface area contributed by atoms with Gasteiger partial charge in [-0.3, -0.25) is 4.79 Å². The van der Waals surface area contributed by atoms with Crippen molar-refractivity contribution >= 4 is 29.1 Å². The first-order valence-corrected chi connectivity index (χ1v) is 6.95. The zero-order valence-corrected chi connectivity index (χ0v) is 12.0. The van der Waals surface area contributed by atoms with Gasteiger partial charge in [-0.25, -0.2) is 0 Å². The van der Waals surface area contributed by atoms with Crippen molar-refractivity contribution in [2.45, 2.75) is 18.9 Å². The first-order valence-electron chi connectivity index (χ1n) is 6.19. The van der Waals surface area contributed by atoms with E-state index in [1.165, 1.54) is 0 Å². The minimum atomic E-state index is -0.0565. The molecule has 104 valence electrons. The molecule has 0 unspecified atom stereocenters. The van der Waals surface area contributed by atoms with Crippen LogP contribution in [0.25, 0.3) is 0 Å². The lowest BCUT2D eigenvalue weighted by Crippen LogP contribution is -2.42. The van der Waals surface area contributed by atoms with E-state index in [-0.39, 0.29) is 18.6 Å². The maximum absolute atomic E-state index is 12.0. The Morgan fingerprint density at radius 1 is 1.47 bits per heavy atom. The molecular weight excluding hydrogens is 287 g/mol. The fourth-order valence-corrected chi connectivity index (χ4v) is 2.69. The van der Waals surface area contributed by atoms with Crippen LogP contribution >= 0.6 is 23.2 Å². The van der Waals surface area contributed by atoms with Gasteiger partial charge >= 0.3 is 0 Å². The summed E-state index contributed by atoms with van der Waals surface area (Å²) in [5, 5.41) is 0.934. The van der Waals surface area contributed by atoms with Gasteiger partial charge in [0.15, 0.2) is 6.61 Å². The average Bonchev–Trinajstić information content (AvgIpc) is 2.85. The average molecular weight is 303 g/mol. The lowest BCUT2D eigenvalue weighted by molar-refractivity contribution is -0.134. The Kier molecular flexibility index (Phi) is 4.91. The smallest absolute Gasteiger partial charge is 0.260 e. The molecule has 1 aromatic rings. The lowest BCUT2D eigenvalue weighted by Gasteiger charge is -2.23. The number of nitrogens with zero attached hydrogens (tertiary/aromatic N) is 1. The molecule has 6 heteroatoms. The molecule has 1 fully saturated rings. The van der Waals surface area contributed by atoms with Crippen molar-refractivity contribution in [2.24, 2.45) is 5.73 Å². The molecule has 1 heterocycles. The summed E-state index contributed by atoms with van der Waals surface area (Å²) in [5.41, 5.74) is 5.64. The van der Waals surface area contributed by atoms with Crippen LogP contribution in [0.4, 0.5) is 0 Å². The second-order valence-corrected chi connectivity index (χ2v) is 5.33. The van der Waals surface area contributed by atoms with E-state index in [1.54, 1.807) is 23.1 Å². The molecule has 0 saturated carbocycles. The molecule has 1 saturated heterocycles. The fraction of sp³-hybridized carbons (Fsp3) is 0.462. The monoisotopic (exact) mass is 302 g/mol. The van der Waals surface area contributed by atoms with E-state index in [9.17, 15) is 4.79 Å². The number of ether oxygens (including phenoxy) is 1. The highest BCUT2D eigenvalue weighted by molar-refractivity contribution is 6.35. The molecule has 1 aliphatic heterocycles. The van der Waals surface area contributed by atoms with Crippen LogP contribution in [0.3, 0.4) is 0 Å². The molecule has 0 radical (unpaired) electrons. The maximum Gasteiger partial charge on any atom is 0.260 e. The van der Waals surface area contributed by atoms with Crippen LogP contribution in [0, 0.1) is 0 Å². The summed E-state index contributed by atoms with van der Waals surface area (Å²) >= 11 is 11.8. The van der Waals surface area contributed by atoms with Crippen LogP contribution in [0.5, 0.6) is 5.75 Å². The summed E-state index contributed by atoms with van der Waals surface area (Å²) < 4.78 is 5.44. The van der Waals surface area contributed by atoms with Gasteiger partial charge in [-0.2, -0.15) is 0 Å². The summed E-state index contributed by atoms with van der Waals surface area (Å²) in [6.07, 6.45) is 1.96. The van der Waals surface area contributed by atoms with Gasteiger partial charge in [0.1, 0.15) is 5.75 Å². The van der Waals surface area contributed by atoms with Crippen LogP contribution < -0.4 is 10.5 Å². The molecule has 0 spiro atoms. The Hall–Kier alpha value is -0.970. The third-order valence-corrected chi connectivity index (χ3v) is 3.75. The van der Waals surface area contributed by atoms with Crippen molar-refractivity contribution in [3.05, 3.63) is 28.2 Å². The number of carbonyl (C=O) groups excluding carboxylic acids is 1. The topological polar surface area (TPSA) is 55.6 Å². The van der Waals surface area contributed by atoms with Crippen molar-refractivity contribution in [3.8, 4) is 5.75 Å². The Morgan fingerprint density at radius 3 is 2.95 bits per heavy atom. The molecule has 1 aliphatic rings.